The lowest BCUT2D eigenvalue weighted by molar-refractivity contribution is 0.153. The van der Waals surface area contributed by atoms with E-state index < -0.39 is 6.09 Å². The molecular weight excluding hydrogens is 132 g/mol. The quantitative estimate of drug-likeness (QED) is 0.359. The van der Waals surface area contributed by atoms with Crippen molar-refractivity contribution >= 4 is 11.8 Å². The first-order valence-electron chi connectivity index (χ1n) is 3.13. The summed E-state index contributed by atoms with van der Waals surface area (Å²) in [5.74, 6) is 0. The molecule has 10 heavy (non-hydrogen) atoms. The molecule has 4 nitrogen and oxygen atoms in total. The van der Waals surface area contributed by atoms with E-state index in [1.165, 1.54) is 7.05 Å². The number of carbonyl (C=O) groups excluding carboxylic acids is 1. The Balaban J connectivity index is 3.61. The van der Waals surface area contributed by atoms with Gasteiger partial charge in [0.1, 0.15) is 0 Å². The fourth-order valence-corrected chi connectivity index (χ4v) is 0.230. The first-order chi connectivity index (χ1) is 4.70. The molecule has 0 aliphatic carbocycles. The number of hydrogen-bond acceptors (Lipinski definition) is 3. The smallest absolute Gasteiger partial charge is 0.323 e. The molecule has 0 fully saturated rings. The number of amides is 1. The Morgan fingerprint density at radius 3 is 2.70 bits per heavy atom. The molecule has 0 saturated carbocycles. The second-order valence-corrected chi connectivity index (χ2v) is 1.81. The average Bonchev–Trinajstić information content (AvgIpc) is 1.99. The number of hydrogen-bond donors (Lipinski definition) is 1. The normalized spacial score (nSPS) is 10.9. The van der Waals surface area contributed by atoms with E-state index in [1.807, 2.05) is 6.92 Å². The number of rotatable bonds is 2. The Morgan fingerprint density at radius 1 is 1.70 bits per heavy atom. The molecule has 0 radical (unpaired) electrons. The third kappa shape index (κ3) is 3.88. The Morgan fingerprint density at radius 2 is 2.30 bits per heavy atom. The minimum atomic E-state index is -0.534. The molecule has 1 N–H and O–H groups in total. The van der Waals surface area contributed by atoms with Crippen LogP contribution in [0.15, 0.2) is 5.16 Å². The standard InChI is InChI=1S/C6H12N2O2/c1-4-5(2)8-10-6(9)7-3/h4H2,1-3H3,(H,7,9)/b8-5-. The predicted molar refractivity (Wildman–Crippen MR) is 38.9 cm³/mol. The van der Waals surface area contributed by atoms with Gasteiger partial charge in [0.2, 0.25) is 0 Å². The summed E-state index contributed by atoms with van der Waals surface area (Å²) in [5.41, 5.74) is 0.795. The lowest BCUT2D eigenvalue weighted by atomic mass is 10.3. The van der Waals surface area contributed by atoms with E-state index in [2.05, 4.69) is 15.3 Å². The summed E-state index contributed by atoms with van der Waals surface area (Å²) in [6.07, 6.45) is 0.254. The van der Waals surface area contributed by atoms with Crippen LogP contribution >= 0.6 is 0 Å². The van der Waals surface area contributed by atoms with Crippen molar-refractivity contribution in [3.05, 3.63) is 0 Å². The Bertz CT molecular complexity index is 143. The predicted octanol–water partition coefficient (Wildman–Crippen LogP) is 1.13. The van der Waals surface area contributed by atoms with Gasteiger partial charge in [0.25, 0.3) is 0 Å². The van der Waals surface area contributed by atoms with Crippen molar-refractivity contribution in [3.8, 4) is 0 Å². The zero-order valence-corrected chi connectivity index (χ0v) is 6.47. The van der Waals surface area contributed by atoms with Crippen LogP contribution < -0.4 is 5.32 Å². The third-order valence-electron chi connectivity index (χ3n) is 1.00. The molecule has 0 aromatic rings. The molecule has 4 heteroatoms. The maximum Gasteiger partial charge on any atom is 0.433 e. The van der Waals surface area contributed by atoms with E-state index in [0.717, 1.165) is 12.1 Å². The van der Waals surface area contributed by atoms with Crippen molar-refractivity contribution in [1.29, 1.82) is 0 Å². The van der Waals surface area contributed by atoms with Gasteiger partial charge in [-0.2, -0.15) is 0 Å². The van der Waals surface area contributed by atoms with Crippen LogP contribution in [-0.2, 0) is 4.84 Å². The number of nitrogens with one attached hydrogen (secondary N) is 1. The molecule has 58 valence electrons. The fourth-order valence-electron chi connectivity index (χ4n) is 0.230. The molecule has 0 aromatic heterocycles. The highest BCUT2D eigenvalue weighted by Gasteiger charge is 1.94. The van der Waals surface area contributed by atoms with Crippen LogP contribution in [0.25, 0.3) is 0 Å². The van der Waals surface area contributed by atoms with Crippen molar-refractivity contribution in [1.82, 2.24) is 5.32 Å². The van der Waals surface area contributed by atoms with Gasteiger partial charge in [-0.25, -0.2) is 4.79 Å². The van der Waals surface area contributed by atoms with Crippen LogP contribution in [0.5, 0.6) is 0 Å². The topological polar surface area (TPSA) is 50.7 Å². The van der Waals surface area contributed by atoms with Crippen LogP contribution in [0.3, 0.4) is 0 Å². The third-order valence-corrected chi connectivity index (χ3v) is 1.00. The second kappa shape index (κ2) is 4.78. The van der Waals surface area contributed by atoms with E-state index in [1.54, 1.807) is 6.92 Å². The molecule has 0 saturated heterocycles. The van der Waals surface area contributed by atoms with E-state index >= 15 is 0 Å². The van der Waals surface area contributed by atoms with Gasteiger partial charge in [-0.1, -0.05) is 12.1 Å². The monoisotopic (exact) mass is 144 g/mol. The molecule has 0 bridgehead atoms. The van der Waals surface area contributed by atoms with Crippen LogP contribution in [0, 0.1) is 0 Å². The summed E-state index contributed by atoms with van der Waals surface area (Å²) in [5, 5.41) is 5.79. The molecule has 0 rings (SSSR count). The summed E-state index contributed by atoms with van der Waals surface area (Å²) in [6, 6.07) is 0. The van der Waals surface area contributed by atoms with Gasteiger partial charge in [-0.3, -0.25) is 4.84 Å². The lowest BCUT2D eigenvalue weighted by Crippen LogP contribution is -2.17. The van der Waals surface area contributed by atoms with Crippen LogP contribution in [-0.4, -0.2) is 18.9 Å². The van der Waals surface area contributed by atoms with Crippen LogP contribution in [0.4, 0.5) is 4.79 Å². The first kappa shape index (κ1) is 8.94. The molecule has 0 unspecified atom stereocenters. The van der Waals surface area contributed by atoms with Gasteiger partial charge in [-0.15, -0.1) is 0 Å². The number of oxime groups is 1. The summed E-state index contributed by atoms with van der Waals surface area (Å²) in [6.45, 7) is 3.73. The molecule has 0 aliphatic rings. The largest absolute Gasteiger partial charge is 0.433 e. The zero-order chi connectivity index (χ0) is 7.98. The van der Waals surface area contributed by atoms with Crippen LogP contribution in [0.2, 0.25) is 0 Å². The number of nitrogens with zero attached hydrogens (tertiary/aromatic N) is 1. The minimum Gasteiger partial charge on any atom is -0.323 e. The summed E-state index contributed by atoms with van der Waals surface area (Å²) < 4.78 is 0. The van der Waals surface area contributed by atoms with Gasteiger partial charge >= 0.3 is 6.09 Å². The Kier molecular flexibility index (Phi) is 4.28. The highest BCUT2D eigenvalue weighted by molar-refractivity contribution is 5.81. The molecule has 0 atom stereocenters. The summed E-state index contributed by atoms with van der Waals surface area (Å²) in [4.78, 5) is 14.8. The van der Waals surface area contributed by atoms with Crippen LogP contribution in [0.1, 0.15) is 20.3 Å². The van der Waals surface area contributed by atoms with Crippen molar-refractivity contribution in [2.24, 2.45) is 5.16 Å². The van der Waals surface area contributed by atoms with Gasteiger partial charge in [0.15, 0.2) is 0 Å². The molecule has 0 spiro atoms. The highest BCUT2D eigenvalue weighted by Crippen LogP contribution is 1.85. The van der Waals surface area contributed by atoms with E-state index in [4.69, 9.17) is 0 Å². The first-order valence-corrected chi connectivity index (χ1v) is 3.13. The summed E-state index contributed by atoms with van der Waals surface area (Å²) >= 11 is 0. The maximum absolute atomic E-state index is 10.4. The SMILES string of the molecule is CC/C(C)=N\OC(=O)NC. The molecule has 0 aromatic carbocycles. The minimum absolute atomic E-state index is 0.534. The second-order valence-electron chi connectivity index (χ2n) is 1.81. The zero-order valence-electron chi connectivity index (χ0n) is 6.47. The van der Waals surface area contributed by atoms with E-state index in [0.29, 0.717) is 0 Å². The van der Waals surface area contributed by atoms with Crippen molar-refractivity contribution in [3.63, 3.8) is 0 Å². The molecule has 1 amide bonds. The average molecular weight is 144 g/mol. The van der Waals surface area contributed by atoms with Gasteiger partial charge in [0.05, 0.1) is 5.71 Å². The Hall–Kier alpha value is -1.06. The lowest BCUT2D eigenvalue weighted by Gasteiger charge is -1.95. The molecule has 0 aliphatic heterocycles. The Labute approximate surface area is 60.2 Å². The molecular formula is C6H12N2O2. The summed E-state index contributed by atoms with van der Waals surface area (Å²) in [7, 11) is 1.49. The van der Waals surface area contributed by atoms with E-state index in [-0.39, 0.29) is 0 Å². The number of carbonyl (C=O) groups is 1. The maximum atomic E-state index is 10.4. The van der Waals surface area contributed by atoms with Crippen molar-refractivity contribution in [2.45, 2.75) is 20.3 Å². The van der Waals surface area contributed by atoms with E-state index in [9.17, 15) is 4.79 Å². The van der Waals surface area contributed by atoms with Crippen molar-refractivity contribution in [2.75, 3.05) is 7.05 Å². The molecule has 0 heterocycles. The van der Waals surface area contributed by atoms with Gasteiger partial charge < -0.3 is 5.32 Å². The van der Waals surface area contributed by atoms with Crippen molar-refractivity contribution < 1.29 is 9.63 Å². The van der Waals surface area contributed by atoms with Gasteiger partial charge in [0, 0.05) is 7.05 Å². The highest BCUT2D eigenvalue weighted by atomic mass is 16.7. The fraction of sp³-hybridized carbons (Fsp3) is 0.667. The van der Waals surface area contributed by atoms with Gasteiger partial charge in [-0.05, 0) is 13.3 Å².